The second-order valence-corrected chi connectivity index (χ2v) is 6.50. The Hall–Kier alpha value is -0.120. The molecule has 2 unspecified atom stereocenters. The van der Waals surface area contributed by atoms with Crippen LogP contribution in [0.3, 0.4) is 0 Å². The summed E-state index contributed by atoms with van der Waals surface area (Å²) in [5.41, 5.74) is 0.366. The lowest BCUT2D eigenvalue weighted by Gasteiger charge is -2.45. The molecule has 0 amide bonds. The van der Waals surface area contributed by atoms with Gasteiger partial charge in [0.2, 0.25) is 0 Å². The maximum atomic E-state index is 3.47. The van der Waals surface area contributed by atoms with Crippen LogP contribution >= 0.6 is 0 Å². The van der Waals surface area contributed by atoms with Gasteiger partial charge in [-0.3, -0.25) is 9.80 Å². The average Bonchev–Trinajstić information content (AvgIpc) is 2.22. The van der Waals surface area contributed by atoms with Crippen LogP contribution in [0, 0.1) is 5.41 Å². The minimum Gasteiger partial charge on any atom is -0.316 e. The van der Waals surface area contributed by atoms with E-state index in [1.807, 2.05) is 0 Å². The van der Waals surface area contributed by atoms with Gasteiger partial charge in [-0.25, -0.2) is 0 Å². The van der Waals surface area contributed by atoms with E-state index in [1.165, 1.54) is 19.6 Å². The molecule has 1 N–H and O–H groups in total. The van der Waals surface area contributed by atoms with E-state index in [0.717, 1.165) is 13.1 Å². The lowest BCUT2D eigenvalue weighted by molar-refractivity contribution is 0.0384. The molecule has 1 aliphatic rings. The molecular formula is C14H31N3. The van der Waals surface area contributed by atoms with Gasteiger partial charge in [-0.05, 0) is 32.9 Å². The first-order chi connectivity index (χ1) is 7.85. The van der Waals surface area contributed by atoms with Gasteiger partial charge in [-0.1, -0.05) is 20.8 Å². The quantitative estimate of drug-likeness (QED) is 0.789. The fraction of sp³-hybridized carbons (Fsp3) is 1.00. The minimum absolute atomic E-state index is 0.366. The summed E-state index contributed by atoms with van der Waals surface area (Å²) in [4.78, 5) is 5.13. The third-order valence-electron chi connectivity index (χ3n) is 3.94. The Kier molecular flexibility index (Phi) is 5.42. The lowest BCUT2D eigenvalue weighted by atomic mass is 9.91. The van der Waals surface area contributed by atoms with Gasteiger partial charge in [0, 0.05) is 38.3 Å². The molecule has 0 radical (unpaired) electrons. The summed E-state index contributed by atoms with van der Waals surface area (Å²) in [5.74, 6) is 0. The number of nitrogens with zero attached hydrogens (tertiary/aromatic N) is 2. The van der Waals surface area contributed by atoms with E-state index in [9.17, 15) is 0 Å². The predicted molar refractivity (Wildman–Crippen MR) is 75.5 cm³/mol. The molecule has 1 fully saturated rings. The third kappa shape index (κ3) is 4.57. The average molecular weight is 241 g/mol. The second kappa shape index (κ2) is 6.17. The minimum atomic E-state index is 0.366. The van der Waals surface area contributed by atoms with Crippen molar-refractivity contribution in [3.8, 4) is 0 Å². The van der Waals surface area contributed by atoms with Crippen molar-refractivity contribution in [1.29, 1.82) is 0 Å². The molecule has 0 bridgehead atoms. The summed E-state index contributed by atoms with van der Waals surface area (Å²) in [6.07, 6.45) is 0. The van der Waals surface area contributed by atoms with E-state index in [1.54, 1.807) is 0 Å². The molecule has 17 heavy (non-hydrogen) atoms. The van der Waals surface area contributed by atoms with Crippen molar-refractivity contribution in [1.82, 2.24) is 15.1 Å². The van der Waals surface area contributed by atoms with Gasteiger partial charge in [-0.2, -0.15) is 0 Å². The summed E-state index contributed by atoms with van der Waals surface area (Å²) in [5, 5.41) is 3.47. The Balaban J connectivity index is 2.46. The Morgan fingerprint density at radius 3 is 2.18 bits per heavy atom. The number of hydrogen-bond acceptors (Lipinski definition) is 3. The molecule has 0 aromatic carbocycles. The van der Waals surface area contributed by atoms with Crippen molar-refractivity contribution in [2.75, 3.05) is 39.8 Å². The maximum absolute atomic E-state index is 3.47. The molecule has 0 saturated carbocycles. The molecule has 0 spiro atoms. The molecule has 1 aliphatic heterocycles. The van der Waals surface area contributed by atoms with Crippen LogP contribution in [0.4, 0.5) is 0 Å². The van der Waals surface area contributed by atoms with Crippen LogP contribution < -0.4 is 5.32 Å². The highest BCUT2D eigenvalue weighted by Gasteiger charge is 2.29. The van der Waals surface area contributed by atoms with Crippen molar-refractivity contribution < 1.29 is 0 Å². The lowest BCUT2D eigenvalue weighted by Crippen LogP contribution is -2.57. The number of rotatable bonds is 5. The van der Waals surface area contributed by atoms with Crippen LogP contribution in [-0.2, 0) is 0 Å². The zero-order chi connectivity index (χ0) is 13.1. The monoisotopic (exact) mass is 241 g/mol. The van der Waals surface area contributed by atoms with Crippen molar-refractivity contribution in [3.05, 3.63) is 0 Å². The molecule has 102 valence electrons. The van der Waals surface area contributed by atoms with Crippen LogP contribution in [0.25, 0.3) is 0 Å². The zero-order valence-corrected chi connectivity index (χ0v) is 12.6. The Morgan fingerprint density at radius 1 is 1.18 bits per heavy atom. The van der Waals surface area contributed by atoms with Crippen LogP contribution in [0.15, 0.2) is 0 Å². The molecule has 1 heterocycles. The summed E-state index contributed by atoms with van der Waals surface area (Å²) >= 11 is 0. The maximum Gasteiger partial charge on any atom is 0.0195 e. The van der Waals surface area contributed by atoms with Gasteiger partial charge in [-0.15, -0.1) is 0 Å². The Bertz CT molecular complexity index is 216. The van der Waals surface area contributed by atoms with Crippen LogP contribution in [-0.4, -0.2) is 61.7 Å². The zero-order valence-electron chi connectivity index (χ0n) is 12.6. The number of nitrogens with one attached hydrogen (secondary N) is 1. The molecule has 3 heteroatoms. The summed E-state index contributed by atoms with van der Waals surface area (Å²) in [6, 6.07) is 1.35. The molecule has 0 aromatic rings. The molecule has 0 aliphatic carbocycles. The normalized spacial score (nSPS) is 28.6. The molecule has 3 nitrogen and oxygen atoms in total. The topological polar surface area (TPSA) is 18.5 Å². The molecule has 2 atom stereocenters. The van der Waals surface area contributed by atoms with Crippen molar-refractivity contribution in [2.45, 2.75) is 46.7 Å². The summed E-state index contributed by atoms with van der Waals surface area (Å²) in [6.45, 7) is 17.4. The van der Waals surface area contributed by atoms with E-state index >= 15 is 0 Å². The fourth-order valence-corrected chi connectivity index (χ4v) is 2.77. The largest absolute Gasteiger partial charge is 0.316 e. The third-order valence-corrected chi connectivity index (χ3v) is 3.94. The van der Waals surface area contributed by atoms with Gasteiger partial charge in [0.15, 0.2) is 0 Å². The highest BCUT2D eigenvalue weighted by Crippen LogP contribution is 2.20. The van der Waals surface area contributed by atoms with Crippen molar-refractivity contribution >= 4 is 0 Å². The number of hydrogen-bond donors (Lipinski definition) is 1. The van der Waals surface area contributed by atoms with E-state index in [4.69, 9.17) is 0 Å². The van der Waals surface area contributed by atoms with Crippen LogP contribution in [0.1, 0.15) is 34.6 Å². The first-order valence-electron chi connectivity index (χ1n) is 7.00. The standard InChI is InChI=1S/C14H31N3/c1-7-15-10-14(4,5)11-17-8-12(2)16(6)13(3)9-17/h12-13,15H,7-11H2,1-6H3. The van der Waals surface area contributed by atoms with Gasteiger partial charge < -0.3 is 5.32 Å². The SMILES string of the molecule is CCNCC(C)(C)CN1CC(C)N(C)C(C)C1. The highest BCUT2D eigenvalue weighted by molar-refractivity contribution is 4.86. The first-order valence-corrected chi connectivity index (χ1v) is 7.00. The van der Waals surface area contributed by atoms with Crippen LogP contribution in [0.5, 0.6) is 0 Å². The summed E-state index contributed by atoms with van der Waals surface area (Å²) in [7, 11) is 2.25. The molecule has 0 aromatic heterocycles. The van der Waals surface area contributed by atoms with Crippen molar-refractivity contribution in [3.63, 3.8) is 0 Å². The van der Waals surface area contributed by atoms with Gasteiger partial charge in [0.25, 0.3) is 0 Å². The first kappa shape index (κ1) is 14.9. The van der Waals surface area contributed by atoms with Gasteiger partial charge >= 0.3 is 0 Å². The van der Waals surface area contributed by atoms with E-state index in [-0.39, 0.29) is 0 Å². The van der Waals surface area contributed by atoms with Crippen LogP contribution in [0.2, 0.25) is 0 Å². The number of likely N-dealkylation sites (N-methyl/N-ethyl adjacent to an activating group) is 1. The Morgan fingerprint density at radius 2 is 1.71 bits per heavy atom. The van der Waals surface area contributed by atoms with Gasteiger partial charge in [0.1, 0.15) is 0 Å². The van der Waals surface area contributed by atoms with E-state index in [0.29, 0.717) is 17.5 Å². The number of piperazine rings is 1. The molecular weight excluding hydrogens is 210 g/mol. The predicted octanol–water partition coefficient (Wildman–Crippen LogP) is 1.65. The molecule has 1 saturated heterocycles. The van der Waals surface area contributed by atoms with E-state index in [2.05, 4.69) is 56.8 Å². The Labute approximate surface area is 108 Å². The smallest absolute Gasteiger partial charge is 0.0195 e. The fourth-order valence-electron chi connectivity index (χ4n) is 2.77. The second-order valence-electron chi connectivity index (χ2n) is 6.50. The highest BCUT2D eigenvalue weighted by atomic mass is 15.3. The van der Waals surface area contributed by atoms with E-state index < -0.39 is 0 Å². The van der Waals surface area contributed by atoms with Gasteiger partial charge in [0.05, 0.1) is 0 Å². The molecule has 1 rings (SSSR count). The van der Waals surface area contributed by atoms with Crippen molar-refractivity contribution in [2.24, 2.45) is 5.41 Å². The summed E-state index contributed by atoms with van der Waals surface area (Å²) < 4.78 is 0.